The van der Waals surface area contributed by atoms with Gasteiger partial charge in [0, 0.05) is 28.8 Å². The summed E-state index contributed by atoms with van der Waals surface area (Å²) in [6.45, 7) is 0. The number of hydrogen-bond donors (Lipinski definition) is 1. The van der Waals surface area contributed by atoms with E-state index in [1.54, 1.807) is 42.5 Å². The van der Waals surface area contributed by atoms with Crippen molar-refractivity contribution in [2.45, 2.75) is 0 Å². The first-order valence-electron chi connectivity index (χ1n) is 7.34. The first-order valence-corrected chi connectivity index (χ1v) is 8.54. The van der Waals surface area contributed by atoms with Crippen molar-refractivity contribution in [3.05, 3.63) is 75.3 Å². The van der Waals surface area contributed by atoms with Gasteiger partial charge in [0.05, 0.1) is 4.92 Å². The molecule has 1 amide bonds. The fourth-order valence-electron chi connectivity index (χ4n) is 2.01. The van der Waals surface area contributed by atoms with Crippen LogP contribution in [0.3, 0.4) is 0 Å². The molecular formula is C17H11ClN4O3S. The van der Waals surface area contributed by atoms with Crippen LogP contribution in [0.25, 0.3) is 16.6 Å². The van der Waals surface area contributed by atoms with E-state index < -0.39 is 4.92 Å². The van der Waals surface area contributed by atoms with Crippen LogP contribution >= 0.6 is 22.9 Å². The van der Waals surface area contributed by atoms with Crippen LogP contribution in [0.1, 0.15) is 5.56 Å². The van der Waals surface area contributed by atoms with Gasteiger partial charge in [0.1, 0.15) is 5.01 Å². The molecule has 0 aliphatic rings. The Kier molecular flexibility index (Phi) is 5.35. The summed E-state index contributed by atoms with van der Waals surface area (Å²) in [7, 11) is 0. The third-order valence-corrected chi connectivity index (χ3v) is 4.42. The Labute approximate surface area is 157 Å². The number of nitro benzene ring substituents is 1. The Morgan fingerprint density at radius 1 is 1.12 bits per heavy atom. The predicted molar refractivity (Wildman–Crippen MR) is 101 cm³/mol. The van der Waals surface area contributed by atoms with Gasteiger partial charge < -0.3 is 0 Å². The van der Waals surface area contributed by atoms with Crippen LogP contribution in [-0.4, -0.2) is 21.0 Å². The summed E-state index contributed by atoms with van der Waals surface area (Å²) in [5, 5.41) is 22.7. The van der Waals surface area contributed by atoms with Crippen molar-refractivity contribution < 1.29 is 9.72 Å². The monoisotopic (exact) mass is 386 g/mol. The van der Waals surface area contributed by atoms with Crippen LogP contribution in [0.15, 0.2) is 54.6 Å². The van der Waals surface area contributed by atoms with Crippen molar-refractivity contribution in [2.24, 2.45) is 0 Å². The molecule has 9 heteroatoms. The van der Waals surface area contributed by atoms with E-state index in [0.29, 0.717) is 20.7 Å². The Morgan fingerprint density at radius 3 is 2.46 bits per heavy atom. The molecule has 7 nitrogen and oxygen atoms in total. The van der Waals surface area contributed by atoms with Crippen molar-refractivity contribution >= 4 is 45.7 Å². The molecule has 2 aromatic carbocycles. The molecule has 0 fully saturated rings. The molecule has 130 valence electrons. The van der Waals surface area contributed by atoms with Crippen LogP contribution in [-0.2, 0) is 4.79 Å². The Balaban J connectivity index is 1.65. The number of halogens is 1. The van der Waals surface area contributed by atoms with Gasteiger partial charge in [-0.15, -0.1) is 10.2 Å². The van der Waals surface area contributed by atoms with Crippen molar-refractivity contribution in [1.82, 2.24) is 10.2 Å². The lowest BCUT2D eigenvalue weighted by atomic mass is 10.2. The lowest BCUT2D eigenvalue weighted by molar-refractivity contribution is -0.384. The minimum absolute atomic E-state index is 0.000807. The number of nitrogens with zero attached hydrogens (tertiary/aromatic N) is 3. The summed E-state index contributed by atoms with van der Waals surface area (Å²) in [4.78, 5) is 22.2. The number of nitro groups is 1. The summed E-state index contributed by atoms with van der Waals surface area (Å²) in [5.41, 5.74) is 1.53. The van der Waals surface area contributed by atoms with Gasteiger partial charge in [0.2, 0.25) is 11.0 Å². The van der Waals surface area contributed by atoms with E-state index in [2.05, 4.69) is 15.5 Å². The number of nitrogens with one attached hydrogen (secondary N) is 1. The Bertz CT molecular complexity index is 968. The van der Waals surface area contributed by atoms with E-state index >= 15 is 0 Å². The molecule has 1 N–H and O–H groups in total. The second-order valence-electron chi connectivity index (χ2n) is 5.09. The van der Waals surface area contributed by atoms with Crippen molar-refractivity contribution in [3.8, 4) is 10.6 Å². The molecule has 3 rings (SSSR count). The average molecular weight is 387 g/mol. The summed E-state index contributed by atoms with van der Waals surface area (Å²) >= 11 is 6.98. The number of carbonyl (C=O) groups is 1. The maximum absolute atomic E-state index is 12.0. The number of carbonyl (C=O) groups excluding carboxylic acids is 1. The SMILES string of the molecule is O=C(/C=C/c1ccc(Cl)cc1)Nc1nnc(-c2ccc([N+](=O)[O-])cc2)s1. The summed E-state index contributed by atoms with van der Waals surface area (Å²) in [6, 6.07) is 13.0. The van der Waals surface area contributed by atoms with E-state index in [9.17, 15) is 14.9 Å². The van der Waals surface area contributed by atoms with Crippen LogP contribution in [0, 0.1) is 10.1 Å². The molecular weight excluding hydrogens is 376 g/mol. The van der Waals surface area contributed by atoms with Gasteiger partial charge in [0.15, 0.2) is 0 Å². The smallest absolute Gasteiger partial charge is 0.269 e. The molecule has 1 aromatic heterocycles. The highest BCUT2D eigenvalue weighted by Gasteiger charge is 2.10. The number of rotatable bonds is 5. The number of aromatic nitrogens is 2. The second kappa shape index (κ2) is 7.85. The normalized spacial score (nSPS) is 10.8. The lowest BCUT2D eigenvalue weighted by Gasteiger charge is -1.96. The molecule has 26 heavy (non-hydrogen) atoms. The van der Waals surface area contributed by atoms with Gasteiger partial charge >= 0.3 is 0 Å². The molecule has 0 saturated carbocycles. The van der Waals surface area contributed by atoms with Gasteiger partial charge in [-0.25, -0.2) is 0 Å². The quantitative estimate of drug-likeness (QED) is 0.397. The molecule has 0 spiro atoms. The first-order chi connectivity index (χ1) is 12.5. The van der Waals surface area contributed by atoms with E-state index in [1.807, 2.05) is 0 Å². The number of non-ortho nitro benzene ring substituents is 1. The van der Waals surface area contributed by atoms with Gasteiger partial charge in [-0.05, 0) is 35.9 Å². The van der Waals surface area contributed by atoms with Gasteiger partial charge in [-0.3, -0.25) is 20.2 Å². The Morgan fingerprint density at radius 2 is 1.81 bits per heavy atom. The summed E-state index contributed by atoms with van der Waals surface area (Å²) < 4.78 is 0. The second-order valence-corrected chi connectivity index (χ2v) is 6.50. The standard InChI is InChI=1S/C17H11ClN4O3S/c18-13-6-1-11(2-7-13)3-10-15(23)19-17-21-20-16(26-17)12-4-8-14(9-5-12)22(24)25/h1-10H,(H,19,21,23)/b10-3+. The molecule has 0 radical (unpaired) electrons. The zero-order chi connectivity index (χ0) is 18.5. The van der Waals surface area contributed by atoms with Gasteiger partial charge in [0.25, 0.3) is 5.69 Å². The molecule has 0 saturated heterocycles. The molecule has 0 atom stereocenters. The minimum atomic E-state index is -0.470. The zero-order valence-electron chi connectivity index (χ0n) is 13.1. The fourth-order valence-corrected chi connectivity index (χ4v) is 2.89. The van der Waals surface area contributed by atoms with E-state index in [-0.39, 0.29) is 11.6 Å². The van der Waals surface area contributed by atoms with Crippen molar-refractivity contribution in [2.75, 3.05) is 5.32 Å². The molecule has 0 aliphatic heterocycles. The zero-order valence-corrected chi connectivity index (χ0v) is 14.7. The van der Waals surface area contributed by atoms with E-state index in [1.165, 1.54) is 29.5 Å². The fraction of sp³-hybridized carbons (Fsp3) is 0. The highest BCUT2D eigenvalue weighted by Crippen LogP contribution is 2.27. The summed E-state index contributed by atoms with van der Waals surface area (Å²) in [5.74, 6) is -0.341. The molecule has 3 aromatic rings. The third kappa shape index (κ3) is 4.50. The number of hydrogen-bond acceptors (Lipinski definition) is 6. The van der Waals surface area contributed by atoms with Crippen LogP contribution in [0.5, 0.6) is 0 Å². The van der Waals surface area contributed by atoms with E-state index in [4.69, 9.17) is 11.6 Å². The topological polar surface area (TPSA) is 98.0 Å². The van der Waals surface area contributed by atoms with Gasteiger partial charge in [-0.1, -0.05) is 35.1 Å². The molecule has 0 aliphatic carbocycles. The van der Waals surface area contributed by atoms with Gasteiger partial charge in [-0.2, -0.15) is 0 Å². The van der Waals surface area contributed by atoms with Crippen LogP contribution in [0.2, 0.25) is 5.02 Å². The number of amides is 1. The molecule has 1 heterocycles. The highest BCUT2D eigenvalue weighted by molar-refractivity contribution is 7.18. The summed E-state index contributed by atoms with van der Waals surface area (Å²) in [6.07, 6.45) is 3.04. The predicted octanol–water partition coefficient (Wildman–Crippen LogP) is 4.42. The van der Waals surface area contributed by atoms with Crippen molar-refractivity contribution in [1.29, 1.82) is 0 Å². The Hall–Kier alpha value is -3.10. The minimum Gasteiger partial charge on any atom is -0.297 e. The van der Waals surface area contributed by atoms with Crippen LogP contribution < -0.4 is 5.32 Å². The average Bonchev–Trinajstić information content (AvgIpc) is 3.10. The number of benzene rings is 2. The largest absolute Gasteiger partial charge is 0.297 e. The van der Waals surface area contributed by atoms with E-state index in [0.717, 1.165) is 5.56 Å². The maximum Gasteiger partial charge on any atom is 0.269 e. The first kappa shape index (κ1) is 17.7. The van der Waals surface area contributed by atoms with Crippen molar-refractivity contribution in [3.63, 3.8) is 0 Å². The van der Waals surface area contributed by atoms with Crippen LogP contribution in [0.4, 0.5) is 10.8 Å². The highest BCUT2D eigenvalue weighted by atomic mass is 35.5. The lowest BCUT2D eigenvalue weighted by Crippen LogP contribution is -2.07. The molecule has 0 unspecified atom stereocenters. The maximum atomic E-state index is 12.0. The third-order valence-electron chi connectivity index (χ3n) is 3.28. The number of anilines is 1. The molecule has 0 bridgehead atoms.